The van der Waals surface area contributed by atoms with E-state index in [-0.39, 0.29) is 11.5 Å². The lowest BCUT2D eigenvalue weighted by molar-refractivity contribution is -0.0512. The molecular formula is C15H23F2N3O2. The highest BCUT2D eigenvalue weighted by molar-refractivity contribution is 5.79. The average Bonchev–Trinajstić information content (AvgIpc) is 2.42. The predicted molar refractivity (Wildman–Crippen MR) is 83.0 cm³/mol. The molecule has 0 aliphatic carbocycles. The van der Waals surface area contributed by atoms with Crippen molar-refractivity contribution in [3.63, 3.8) is 0 Å². The minimum absolute atomic E-state index is 0.0411. The number of hydrogen-bond acceptors (Lipinski definition) is 3. The van der Waals surface area contributed by atoms with Crippen LogP contribution in [0.5, 0.6) is 11.5 Å². The van der Waals surface area contributed by atoms with Crippen molar-refractivity contribution in [3.8, 4) is 11.5 Å². The third-order valence-electron chi connectivity index (χ3n) is 2.90. The van der Waals surface area contributed by atoms with E-state index in [0.29, 0.717) is 13.0 Å². The van der Waals surface area contributed by atoms with Crippen molar-refractivity contribution < 1.29 is 18.3 Å². The van der Waals surface area contributed by atoms with Crippen molar-refractivity contribution in [1.29, 1.82) is 0 Å². The average molecular weight is 315 g/mol. The number of rotatable bonds is 6. The molecule has 0 heterocycles. The second-order valence-electron chi connectivity index (χ2n) is 5.08. The molecule has 22 heavy (non-hydrogen) atoms. The summed E-state index contributed by atoms with van der Waals surface area (Å²) in [6.07, 6.45) is 0.620. The van der Waals surface area contributed by atoms with Crippen LogP contribution < -0.4 is 9.47 Å². The summed E-state index contributed by atoms with van der Waals surface area (Å²) in [4.78, 5) is 8.33. The molecule has 0 saturated carbocycles. The van der Waals surface area contributed by atoms with E-state index in [4.69, 9.17) is 4.74 Å². The first kappa shape index (κ1) is 18.0. The van der Waals surface area contributed by atoms with Crippen molar-refractivity contribution in [2.45, 2.75) is 13.0 Å². The normalized spacial score (nSPS) is 10.4. The third kappa shape index (κ3) is 5.38. The van der Waals surface area contributed by atoms with Gasteiger partial charge in [0, 0.05) is 34.7 Å². The first-order valence-electron chi connectivity index (χ1n) is 6.86. The molecule has 0 saturated heterocycles. The van der Waals surface area contributed by atoms with E-state index in [0.717, 1.165) is 11.5 Å². The largest absolute Gasteiger partial charge is 0.493 e. The lowest BCUT2D eigenvalue weighted by atomic mass is 10.1. The number of alkyl halides is 2. The number of guanidine groups is 1. The SMILES string of the molecule is COc1ccc(CCN=C(N(C)C)N(C)C)cc1OC(F)F. The summed E-state index contributed by atoms with van der Waals surface area (Å²) >= 11 is 0. The lowest BCUT2D eigenvalue weighted by Crippen LogP contribution is -2.35. The molecule has 7 heteroatoms. The molecular weight excluding hydrogens is 292 g/mol. The molecule has 1 aromatic rings. The second-order valence-corrected chi connectivity index (χ2v) is 5.08. The molecule has 0 aromatic heterocycles. The summed E-state index contributed by atoms with van der Waals surface area (Å²) in [6, 6.07) is 5.00. The van der Waals surface area contributed by atoms with Gasteiger partial charge in [-0.3, -0.25) is 4.99 Å². The maximum Gasteiger partial charge on any atom is 0.387 e. The fourth-order valence-electron chi connectivity index (χ4n) is 2.03. The fraction of sp³-hybridized carbons (Fsp3) is 0.533. The third-order valence-corrected chi connectivity index (χ3v) is 2.90. The van der Waals surface area contributed by atoms with Crippen molar-refractivity contribution in [3.05, 3.63) is 23.8 Å². The first-order chi connectivity index (χ1) is 10.3. The summed E-state index contributed by atoms with van der Waals surface area (Å²) < 4.78 is 34.3. The van der Waals surface area contributed by atoms with Crippen molar-refractivity contribution >= 4 is 5.96 Å². The van der Waals surface area contributed by atoms with Crippen molar-refractivity contribution in [1.82, 2.24) is 9.80 Å². The number of benzene rings is 1. The van der Waals surface area contributed by atoms with Crippen LogP contribution in [0.3, 0.4) is 0 Å². The molecule has 124 valence electrons. The van der Waals surface area contributed by atoms with Crippen LogP contribution in [0.4, 0.5) is 8.78 Å². The van der Waals surface area contributed by atoms with Crippen LogP contribution in [0.15, 0.2) is 23.2 Å². The molecule has 0 aliphatic rings. The number of nitrogens with zero attached hydrogens (tertiary/aromatic N) is 3. The Hall–Kier alpha value is -2.05. The smallest absolute Gasteiger partial charge is 0.387 e. The maximum atomic E-state index is 12.4. The Kier molecular flexibility index (Phi) is 6.88. The van der Waals surface area contributed by atoms with E-state index in [2.05, 4.69) is 9.73 Å². The van der Waals surface area contributed by atoms with E-state index >= 15 is 0 Å². The van der Waals surface area contributed by atoms with Crippen LogP contribution in [-0.2, 0) is 6.42 Å². The highest BCUT2D eigenvalue weighted by Gasteiger charge is 2.11. The second kappa shape index (κ2) is 8.41. The van der Waals surface area contributed by atoms with Crippen molar-refractivity contribution in [2.24, 2.45) is 4.99 Å². The van der Waals surface area contributed by atoms with E-state index in [9.17, 15) is 8.78 Å². The van der Waals surface area contributed by atoms with Crippen LogP contribution in [-0.4, -0.2) is 64.2 Å². The zero-order chi connectivity index (χ0) is 16.7. The van der Waals surface area contributed by atoms with Gasteiger partial charge < -0.3 is 19.3 Å². The van der Waals surface area contributed by atoms with Gasteiger partial charge in [0.2, 0.25) is 0 Å². The molecule has 1 aromatic carbocycles. The Balaban J connectivity index is 2.79. The van der Waals surface area contributed by atoms with Gasteiger partial charge in [0.1, 0.15) is 0 Å². The van der Waals surface area contributed by atoms with Gasteiger partial charge in [-0.05, 0) is 24.1 Å². The zero-order valence-electron chi connectivity index (χ0n) is 13.6. The van der Waals surface area contributed by atoms with Gasteiger partial charge in [-0.25, -0.2) is 0 Å². The summed E-state index contributed by atoms with van der Waals surface area (Å²) in [5.74, 6) is 1.17. The molecule has 0 radical (unpaired) electrons. The number of halogens is 2. The van der Waals surface area contributed by atoms with Gasteiger partial charge in [0.25, 0.3) is 0 Å². The van der Waals surface area contributed by atoms with Gasteiger partial charge >= 0.3 is 6.61 Å². The van der Waals surface area contributed by atoms with Gasteiger partial charge in [0.05, 0.1) is 7.11 Å². The molecule has 1 rings (SSSR count). The van der Waals surface area contributed by atoms with Gasteiger partial charge in [0.15, 0.2) is 17.5 Å². The van der Waals surface area contributed by atoms with Gasteiger partial charge in [-0.15, -0.1) is 0 Å². The van der Waals surface area contributed by atoms with E-state index in [1.807, 2.05) is 44.1 Å². The van der Waals surface area contributed by atoms with Crippen LogP contribution in [0.2, 0.25) is 0 Å². The Bertz CT molecular complexity index is 496. The molecule has 0 amide bonds. The summed E-state index contributed by atoms with van der Waals surface area (Å²) in [6.45, 7) is -2.33. The van der Waals surface area contributed by atoms with Crippen LogP contribution in [0.25, 0.3) is 0 Å². The van der Waals surface area contributed by atoms with Gasteiger partial charge in [-0.1, -0.05) is 6.07 Å². The molecule has 5 nitrogen and oxygen atoms in total. The molecule has 0 fully saturated rings. The van der Waals surface area contributed by atoms with Crippen LogP contribution in [0.1, 0.15) is 5.56 Å². The standard InChI is InChI=1S/C15H23F2N3O2/c1-19(2)15(20(3)4)18-9-8-11-6-7-12(21-5)13(10-11)22-14(16)17/h6-7,10,14H,8-9H2,1-5H3. The van der Waals surface area contributed by atoms with Gasteiger partial charge in [-0.2, -0.15) is 8.78 Å². The monoisotopic (exact) mass is 315 g/mol. The number of aliphatic imine (C=N–C) groups is 1. The topological polar surface area (TPSA) is 37.3 Å². The number of methoxy groups -OCH3 is 1. The number of ether oxygens (including phenoxy) is 2. The Morgan fingerprint density at radius 3 is 2.27 bits per heavy atom. The molecule has 0 unspecified atom stereocenters. The van der Waals surface area contributed by atoms with E-state index in [1.54, 1.807) is 12.1 Å². The zero-order valence-corrected chi connectivity index (χ0v) is 13.6. The molecule has 0 atom stereocenters. The highest BCUT2D eigenvalue weighted by atomic mass is 19.3. The molecule has 0 N–H and O–H groups in total. The summed E-state index contributed by atoms with van der Waals surface area (Å²) in [7, 11) is 9.08. The molecule has 0 aliphatic heterocycles. The van der Waals surface area contributed by atoms with Crippen molar-refractivity contribution in [2.75, 3.05) is 41.8 Å². The van der Waals surface area contributed by atoms with Crippen LogP contribution in [0, 0.1) is 0 Å². The quantitative estimate of drug-likeness (QED) is 0.596. The maximum absolute atomic E-state index is 12.4. The lowest BCUT2D eigenvalue weighted by Gasteiger charge is -2.22. The number of hydrogen-bond donors (Lipinski definition) is 0. The van der Waals surface area contributed by atoms with E-state index in [1.165, 1.54) is 7.11 Å². The van der Waals surface area contributed by atoms with Crippen LogP contribution >= 0.6 is 0 Å². The Morgan fingerprint density at radius 2 is 1.77 bits per heavy atom. The Morgan fingerprint density at radius 1 is 1.14 bits per heavy atom. The highest BCUT2D eigenvalue weighted by Crippen LogP contribution is 2.29. The Labute approximate surface area is 130 Å². The summed E-state index contributed by atoms with van der Waals surface area (Å²) in [5.41, 5.74) is 0.858. The molecule has 0 bridgehead atoms. The predicted octanol–water partition coefficient (Wildman–Crippen LogP) is 2.32. The minimum Gasteiger partial charge on any atom is -0.493 e. The minimum atomic E-state index is -2.88. The molecule has 0 spiro atoms. The van der Waals surface area contributed by atoms with E-state index < -0.39 is 6.61 Å². The summed E-state index contributed by atoms with van der Waals surface area (Å²) in [5, 5.41) is 0. The first-order valence-corrected chi connectivity index (χ1v) is 6.86. The fourth-order valence-corrected chi connectivity index (χ4v) is 2.03.